The fourth-order valence-corrected chi connectivity index (χ4v) is 2.08. The number of nitrogens with zero attached hydrogens (tertiary/aromatic N) is 1. The van der Waals surface area contributed by atoms with E-state index >= 15 is 0 Å². The van der Waals surface area contributed by atoms with Crippen LogP contribution in [0.3, 0.4) is 0 Å². The highest BCUT2D eigenvalue weighted by molar-refractivity contribution is 7.80. The molecule has 1 heterocycles. The molecule has 0 bridgehead atoms. The van der Waals surface area contributed by atoms with Crippen LogP contribution in [0.5, 0.6) is 0 Å². The van der Waals surface area contributed by atoms with E-state index in [1.807, 2.05) is 0 Å². The smallest absolute Gasteiger partial charge is 0.337 e. The summed E-state index contributed by atoms with van der Waals surface area (Å²) in [5.74, 6) is -0.534. The van der Waals surface area contributed by atoms with Crippen LogP contribution in [0.25, 0.3) is 0 Å². The summed E-state index contributed by atoms with van der Waals surface area (Å²) in [6, 6.07) is 6.14. The minimum Gasteiger partial charge on any atom is -0.457 e. The molecule has 1 aliphatic rings. The SMILES string of the molecule is CC1=C(C(=O)OCc2ccccc2[N+](=O)[O-])CNC(=S)N1. The third-order valence-electron chi connectivity index (χ3n) is 2.97. The lowest BCUT2D eigenvalue weighted by molar-refractivity contribution is -0.385. The predicted molar refractivity (Wildman–Crippen MR) is 79.3 cm³/mol. The van der Waals surface area contributed by atoms with Gasteiger partial charge in [-0.15, -0.1) is 0 Å². The maximum absolute atomic E-state index is 12.0. The summed E-state index contributed by atoms with van der Waals surface area (Å²) in [7, 11) is 0. The van der Waals surface area contributed by atoms with Gasteiger partial charge in [0.2, 0.25) is 0 Å². The van der Waals surface area contributed by atoms with Gasteiger partial charge in [0.25, 0.3) is 5.69 Å². The maximum atomic E-state index is 12.0. The standard InChI is InChI=1S/C13H13N3O4S/c1-8-10(6-14-13(21)15-8)12(17)20-7-9-4-2-3-5-11(9)16(18)19/h2-5H,6-7H2,1H3,(H2,14,15,21). The van der Waals surface area contributed by atoms with Gasteiger partial charge in [-0.3, -0.25) is 10.1 Å². The van der Waals surface area contributed by atoms with Crippen LogP contribution in [0.2, 0.25) is 0 Å². The van der Waals surface area contributed by atoms with E-state index in [0.29, 0.717) is 21.9 Å². The third-order valence-corrected chi connectivity index (χ3v) is 3.22. The average Bonchev–Trinajstić information content (AvgIpc) is 2.45. The highest BCUT2D eigenvalue weighted by Crippen LogP contribution is 2.19. The number of carbonyl (C=O) groups excluding carboxylic acids is 1. The number of thiocarbonyl (C=S) groups is 1. The number of ether oxygens (including phenoxy) is 1. The van der Waals surface area contributed by atoms with Crippen LogP contribution in [0.4, 0.5) is 5.69 Å². The van der Waals surface area contributed by atoms with Gasteiger partial charge < -0.3 is 15.4 Å². The number of rotatable bonds is 4. The molecule has 2 N–H and O–H groups in total. The molecule has 0 aromatic heterocycles. The van der Waals surface area contributed by atoms with E-state index in [-0.39, 0.29) is 18.8 Å². The van der Waals surface area contributed by atoms with Crippen molar-refractivity contribution >= 4 is 29.0 Å². The molecule has 0 aliphatic carbocycles. The second-order valence-electron chi connectivity index (χ2n) is 4.37. The summed E-state index contributed by atoms with van der Waals surface area (Å²) in [5.41, 5.74) is 1.31. The molecule has 0 saturated heterocycles. The van der Waals surface area contributed by atoms with Gasteiger partial charge in [-0.2, -0.15) is 0 Å². The summed E-state index contributed by atoms with van der Waals surface area (Å²) >= 11 is 4.93. The number of nitrogens with one attached hydrogen (secondary N) is 2. The van der Waals surface area contributed by atoms with Crippen LogP contribution >= 0.6 is 12.2 Å². The van der Waals surface area contributed by atoms with Gasteiger partial charge in [-0.1, -0.05) is 12.1 Å². The summed E-state index contributed by atoms with van der Waals surface area (Å²) in [6.45, 7) is 1.83. The molecule has 2 rings (SSSR count). The van der Waals surface area contributed by atoms with Crippen molar-refractivity contribution in [3.05, 3.63) is 51.2 Å². The molecule has 0 amide bonds. The Hall–Kier alpha value is -2.48. The Morgan fingerprint density at radius 3 is 2.86 bits per heavy atom. The second kappa shape index (κ2) is 6.31. The van der Waals surface area contributed by atoms with Crippen molar-refractivity contribution in [3.63, 3.8) is 0 Å². The highest BCUT2D eigenvalue weighted by Gasteiger charge is 2.21. The zero-order valence-electron chi connectivity index (χ0n) is 11.2. The molecule has 0 radical (unpaired) electrons. The summed E-state index contributed by atoms with van der Waals surface area (Å²) in [5, 5.41) is 17.0. The molecular formula is C13H13N3O4S. The van der Waals surface area contributed by atoms with Crippen molar-refractivity contribution in [3.8, 4) is 0 Å². The number of hydrogen-bond donors (Lipinski definition) is 2. The molecule has 110 valence electrons. The van der Waals surface area contributed by atoms with Crippen molar-refractivity contribution in [2.24, 2.45) is 0 Å². The maximum Gasteiger partial charge on any atom is 0.337 e. The third kappa shape index (κ3) is 3.54. The number of nitro groups is 1. The number of nitro benzene ring substituents is 1. The Balaban J connectivity index is 2.07. The minimum absolute atomic E-state index is 0.0722. The molecule has 21 heavy (non-hydrogen) atoms. The lowest BCUT2D eigenvalue weighted by atomic mass is 10.1. The van der Waals surface area contributed by atoms with Gasteiger partial charge in [-0.25, -0.2) is 4.79 Å². The van der Waals surface area contributed by atoms with E-state index in [2.05, 4.69) is 10.6 Å². The number of benzene rings is 1. The monoisotopic (exact) mass is 307 g/mol. The lowest BCUT2D eigenvalue weighted by Gasteiger charge is -2.20. The number of para-hydroxylation sites is 1. The molecule has 1 aromatic carbocycles. The summed E-state index contributed by atoms with van der Waals surface area (Å²) in [4.78, 5) is 22.4. The van der Waals surface area contributed by atoms with Crippen LogP contribution < -0.4 is 10.6 Å². The van der Waals surface area contributed by atoms with Gasteiger partial charge in [0.15, 0.2) is 5.11 Å². The highest BCUT2D eigenvalue weighted by atomic mass is 32.1. The molecule has 0 unspecified atom stereocenters. The Morgan fingerprint density at radius 1 is 1.48 bits per heavy atom. The second-order valence-corrected chi connectivity index (χ2v) is 4.78. The predicted octanol–water partition coefficient (Wildman–Crippen LogP) is 1.39. The molecular weight excluding hydrogens is 294 g/mol. The summed E-state index contributed by atoms with van der Waals surface area (Å²) in [6.07, 6.45) is 0. The quantitative estimate of drug-likeness (QED) is 0.376. The molecule has 0 atom stereocenters. The first-order valence-electron chi connectivity index (χ1n) is 6.13. The molecule has 8 heteroatoms. The van der Waals surface area contributed by atoms with Crippen molar-refractivity contribution < 1.29 is 14.5 Å². The van der Waals surface area contributed by atoms with E-state index in [9.17, 15) is 14.9 Å². The van der Waals surface area contributed by atoms with Crippen molar-refractivity contribution in [1.29, 1.82) is 0 Å². The first-order chi connectivity index (χ1) is 9.99. The van der Waals surface area contributed by atoms with Crippen LogP contribution in [0, 0.1) is 10.1 Å². The van der Waals surface area contributed by atoms with Crippen molar-refractivity contribution in [2.45, 2.75) is 13.5 Å². The Morgan fingerprint density at radius 2 is 2.19 bits per heavy atom. The Kier molecular flexibility index (Phi) is 4.49. The molecule has 1 aliphatic heterocycles. The van der Waals surface area contributed by atoms with Crippen molar-refractivity contribution in [1.82, 2.24) is 10.6 Å². The molecule has 0 fully saturated rings. The molecule has 1 aromatic rings. The van der Waals surface area contributed by atoms with E-state index in [0.717, 1.165) is 0 Å². The van der Waals surface area contributed by atoms with E-state index < -0.39 is 10.9 Å². The molecule has 0 saturated carbocycles. The minimum atomic E-state index is -0.534. The number of esters is 1. The molecule has 7 nitrogen and oxygen atoms in total. The van der Waals surface area contributed by atoms with Crippen molar-refractivity contribution in [2.75, 3.05) is 6.54 Å². The van der Waals surface area contributed by atoms with Gasteiger partial charge in [0, 0.05) is 11.8 Å². The van der Waals surface area contributed by atoms with Gasteiger partial charge in [-0.05, 0) is 25.2 Å². The van der Waals surface area contributed by atoms with Gasteiger partial charge in [0.05, 0.1) is 22.6 Å². The zero-order valence-corrected chi connectivity index (χ0v) is 12.0. The largest absolute Gasteiger partial charge is 0.457 e. The zero-order chi connectivity index (χ0) is 15.4. The lowest BCUT2D eigenvalue weighted by Crippen LogP contribution is -2.42. The summed E-state index contributed by atoms with van der Waals surface area (Å²) < 4.78 is 5.14. The molecule has 0 spiro atoms. The van der Waals surface area contributed by atoms with Crippen LogP contribution in [0.1, 0.15) is 12.5 Å². The Bertz CT molecular complexity index is 642. The normalized spacial score (nSPS) is 14.2. The first kappa shape index (κ1) is 14.9. The number of hydrogen-bond acceptors (Lipinski definition) is 5. The van der Waals surface area contributed by atoms with Crippen LogP contribution in [-0.2, 0) is 16.1 Å². The number of carbonyl (C=O) groups is 1. The van der Waals surface area contributed by atoms with Gasteiger partial charge in [0.1, 0.15) is 6.61 Å². The number of allylic oxidation sites excluding steroid dienone is 1. The fraction of sp³-hybridized carbons (Fsp3) is 0.231. The Labute approximate surface area is 126 Å². The van der Waals surface area contributed by atoms with E-state index in [1.54, 1.807) is 25.1 Å². The van der Waals surface area contributed by atoms with E-state index in [4.69, 9.17) is 17.0 Å². The fourth-order valence-electron chi connectivity index (χ4n) is 1.86. The first-order valence-corrected chi connectivity index (χ1v) is 6.54. The van der Waals surface area contributed by atoms with Crippen LogP contribution in [-0.4, -0.2) is 22.5 Å². The van der Waals surface area contributed by atoms with Gasteiger partial charge >= 0.3 is 5.97 Å². The van der Waals surface area contributed by atoms with E-state index in [1.165, 1.54) is 6.07 Å². The average molecular weight is 307 g/mol. The topological polar surface area (TPSA) is 93.5 Å². The van der Waals surface area contributed by atoms with Crippen LogP contribution in [0.15, 0.2) is 35.5 Å².